The maximum atomic E-state index is 12.3. The molecular formula is C14H20N2O3S. The highest BCUT2D eigenvalue weighted by molar-refractivity contribution is 7.91. The van der Waals surface area contributed by atoms with Gasteiger partial charge in [-0.3, -0.25) is 9.52 Å². The standard InChI is InChI=1S/C14H20N2O3S/c15-10-4-7-13(17)16-20(18,19)14(8-9-14)11-12-5-2-1-3-6-12/h1-3,5-6H,4,7-11,15H2,(H,16,17). The quantitative estimate of drug-likeness (QED) is 0.784. The van der Waals surface area contributed by atoms with Crippen molar-refractivity contribution < 1.29 is 13.2 Å². The third kappa shape index (κ3) is 3.37. The monoisotopic (exact) mass is 296 g/mol. The fourth-order valence-electron chi connectivity index (χ4n) is 2.22. The number of carbonyl (C=O) groups excluding carboxylic acids is 1. The number of hydrogen-bond donors (Lipinski definition) is 2. The van der Waals surface area contributed by atoms with E-state index in [2.05, 4.69) is 4.72 Å². The van der Waals surface area contributed by atoms with Crippen molar-refractivity contribution in [2.75, 3.05) is 6.54 Å². The summed E-state index contributed by atoms with van der Waals surface area (Å²) in [6.45, 7) is 0.378. The molecule has 0 radical (unpaired) electrons. The molecule has 0 bridgehead atoms. The van der Waals surface area contributed by atoms with Gasteiger partial charge in [0.1, 0.15) is 0 Å². The molecule has 1 saturated carbocycles. The first-order chi connectivity index (χ1) is 9.49. The second kappa shape index (κ2) is 5.93. The number of nitrogens with one attached hydrogen (secondary N) is 1. The Bertz CT molecular complexity index is 565. The number of benzene rings is 1. The third-order valence-electron chi connectivity index (χ3n) is 3.60. The predicted octanol–water partition coefficient (Wildman–Crippen LogP) is 0.947. The van der Waals surface area contributed by atoms with Gasteiger partial charge in [0.15, 0.2) is 0 Å². The first-order valence-electron chi connectivity index (χ1n) is 6.78. The van der Waals surface area contributed by atoms with Gasteiger partial charge in [-0.25, -0.2) is 8.42 Å². The zero-order valence-electron chi connectivity index (χ0n) is 11.3. The Balaban J connectivity index is 2.03. The van der Waals surface area contributed by atoms with Crippen molar-refractivity contribution in [2.24, 2.45) is 5.73 Å². The zero-order chi connectivity index (χ0) is 14.6. The molecule has 1 aromatic rings. The van der Waals surface area contributed by atoms with Crippen LogP contribution in [0.1, 0.15) is 31.2 Å². The Kier molecular flexibility index (Phi) is 4.45. The van der Waals surface area contributed by atoms with Gasteiger partial charge in [-0.2, -0.15) is 0 Å². The lowest BCUT2D eigenvalue weighted by Crippen LogP contribution is -2.41. The molecule has 0 unspecified atom stereocenters. The largest absolute Gasteiger partial charge is 0.330 e. The van der Waals surface area contributed by atoms with Crippen LogP contribution in [0.15, 0.2) is 30.3 Å². The van der Waals surface area contributed by atoms with E-state index in [1.807, 2.05) is 30.3 Å². The van der Waals surface area contributed by atoms with Crippen LogP contribution in [0.4, 0.5) is 0 Å². The van der Waals surface area contributed by atoms with Gasteiger partial charge in [0.2, 0.25) is 15.9 Å². The van der Waals surface area contributed by atoms with E-state index in [0.29, 0.717) is 32.2 Å². The van der Waals surface area contributed by atoms with E-state index in [1.165, 1.54) is 0 Å². The molecule has 0 aromatic heterocycles. The molecule has 0 saturated heterocycles. The molecule has 0 aliphatic heterocycles. The maximum absolute atomic E-state index is 12.3. The number of amides is 1. The summed E-state index contributed by atoms with van der Waals surface area (Å²) in [6.07, 6.45) is 2.29. The summed E-state index contributed by atoms with van der Waals surface area (Å²) < 4.78 is 26.0. The van der Waals surface area contributed by atoms with Crippen molar-refractivity contribution in [3.8, 4) is 0 Å². The average Bonchev–Trinajstić information content (AvgIpc) is 3.18. The van der Waals surface area contributed by atoms with E-state index in [4.69, 9.17) is 5.73 Å². The van der Waals surface area contributed by atoms with Crippen molar-refractivity contribution in [3.05, 3.63) is 35.9 Å². The SMILES string of the molecule is NCCCC(=O)NS(=O)(=O)C1(Cc2ccccc2)CC1. The summed E-state index contributed by atoms with van der Waals surface area (Å²) in [7, 11) is -3.62. The van der Waals surface area contributed by atoms with Crippen molar-refractivity contribution in [2.45, 2.75) is 36.9 Å². The molecule has 20 heavy (non-hydrogen) atoms. The van der Waals surface area contributed by atoms with Gasteiger partial charge in [0.05, 0.1) is 4.75 Å². The number of hydrogen-bond acceptors (Lipinski definition) is 4. The van der Waals surface area contributed by atoms with Crippen LogP contribution in [-0.4, -0.2) is 25.6 Å². The van der Waals surface area contributed by atoms with Crippen LogP contribution in [0.3, 0.4) is 0 Å². The Morgan fingerprint density at radius 1 is 1.25 bits per heavy atom. The van der Waals surface area contributed by atoms with Crippen molar-refractivity contribution in [1.29, 1.82) is 0 Å². The summed E-state index contributed by atoms with van der Waals surface area (Å²) in [6, 6.07) is 9.49. The maximum Gasteiger partial charge on any atom is 0.240 e. The highest BCUT2D eigenvalue weighted by atomic mass is 32.2. The lowest BCUT2D eigenvalue weighted by atomic mass is 10.1. The molecule has 0 heterocycles. The van der Waals surface area contributed by atoms with Gasteiger partial charge in [0.25, 0.3) is 0 Å². The van der Waals surface area contributed by atoms with Gasteiger partial charge in [0, 0.05) is 6.42 Å². The number of nitrogens with two attached hydrogens (primary N) is 1. The summed E-state index contributed by atoms with van der Waals surface area (Å²) in [5, 5.41) is 0. The third-order valence-corrected chi connectivity index (χ3v) is 5.79. The summed E-state index contributed by atoms with van der Waals surface area (Å²) in [4.78, 5) is 11.6. The van der Waals surface area contributed by atoms with E-state index in [9.17, 15) is 13.2 Å². The Labute approximate surface area is 119 Å². The van der Waals surface area contributed by atoms with Crippen LogP contribution >= 0.6 is 0 Å². The molecule has 0 spiro atoms. The Hall–Kier alpha value is -1.40. The fraction of sp³-hybridized carbons (Fsp3) is 0.500. The smallest absolute Gasteiger partial charge is 0.240 e. The molecule has 1 aliphatic rings. The molecule has 3 N–H and O–H groups in total. The predicted molar refractivity (Wildman–Crippen MR) is 77.5 cm³/mol. The fourth-order valence-corrected chi connectivity index (χ4v) is 3.83. The lowest BCUT2D eigenvalue weighted by molar-refractivity contribution is -0.119. The van der Waals surface area contributed by atoms with E-state index in [-0.39, 0.29) is 6.42 Å². The molecule has 5 nitrogen and oxygen atoms in total. The average molecular weight is 296 g/mol. The van der Waals surface area contributed by atoms with Gasteiger partial charge in [-0.05, 0) is 37.8 Å². The highest BCUT2D eigenvalue weighted by Gasteiger charge is 2.54. The van der Waals surface area contributed by atoms with Crippen molar-refractivity contribution >= 4 is 15.9 Å². The van der Waals surface area contributed by atoms with Crippen LogP contribution in [0.25, 0.3) is 0 Å². The van der Waals surface area contributed by atoms with Gasteiger partial charge in [-0.1, -0.05) is 30.3 Å². The summed E-state index contributed by atoms with van der Waals surface area (Å²) in [5.74, 6) is -0.463. The number of rotatable bonds is 7. The Morgan fingerprint density at radius 2 is 1.90 bits per heavy atom. The minimum absolute atomic E-state index is 0.150. The van der Waals surface area contributed by atoms with E-state index >= 15 is 0 Å². The first-order valence-corrected chi connectivity index (χ1v) is 8.27. The number of carbonyl (C=O) groups is 1. The van der Waals surface area contributed by atoms with E-state index in [1.54, 1.807) is 0 Å². The lowest BCUT2D eigenvalue weighted by Gasteiger charge is -2.17. The number of sulfonamides is 1. The molecule has 0 atom stereocenters. The molecule has 2 rings (SSSR count). The zero-order valence-corrected chi connectivity index (χ0v) is 12.2. The van der Waals surface area contributed by atoms with Crippen molar-refractivity contribution in [3.63, 3.8) is 0 Å². The topological polar surface area (TPSA) is 89.3 Å². The molecular weight excluding hydrogens is 276 g/mol. The molecule has 6 heteroatoms. The van der Waals surface area contributed by atoms with Crippen molar-refractivity contribution in [1.82, 2.24) is 4.72 Å². The molecule has 1 aliphatic carbocycles. The van der Waals surface area contributed by atoms with Gasteiger partial charge >= 0.3 is 0 Å². The van der Waals surface area contributed by atoms with Gasteiger partial charge in [-0.15, -0.1) is 0 Å². The van der Waals surface area contributed by atoms with Crippen LogP contribution in [0.2, 0.25) is 0 Å². The second-order valence-electron chi connectivity index (χ2n) is 5.27. The Morgan fingerprint density at radius 3 is 2.45 bits per heavy atom. The summed E-state index contributed by atoms with van der Waals surface area (Å²) in [5.41, 5.74) is 6.29. The van der Waals surface area contributed by atoms with E-state index < -0.39 is 20.7 Å². The highest BCUT2D eigenvalue weighted by Crippen LogP contribution is 2.45. The molecule has 1 amide bonds. The molecule has 1 fully saturated rings. The summed E-state index contributed by atoms with van der Waals surface area (Å²) >= 11 is 0. The van der Waals surface area contributed by atoms with E-state index in [0.717, 1.165) is 5.56 Å². The van der Waals surface area contributed by atoms with Gasteiger partial charge < -0.3 is 5.73 Å². The first kappa shape index (κ1) is 15.0. The minimum atomic E-state index is -3.62. The minimum Gasteiger partial charge on any atom is -0.330 e. The molecule has 1 aromatic carbocycles. The second-order valence-corrected chi connectivity index (χ2v) is 7.34. The van der Waals surface area contributed by atoms with Crippen LogP contribution in [0.5, 0.6) is 0 Å². The van der Waals surface area contributed by atoms with Crippen LogP contribution < -0.4 is 10.5 Å². The van der Waals surface area contributed by atoms with Crippen LogP contribution in [0, 0.1) is 0 Å². The van der Waals surface area contributed by atoms with Crippen LogP contribution in [-0.2, 0) is 21.2 Å². The normalized spacial score (nSPS) is 16.6. The molecule has 110 valence electrons.